The fraction of sp³-hybridized carbons (Fsp3) is 0.647. The summed E-state index contributed by atoms with van der Waals surface area (Å²) in [4.78, 5) is 18.6. The number of morpholine rings is 1. The Labute approximate surface area is 136 Å². The van der Waals surface area contributed by atoms with Crippen LogP contribution in [0.5, 0.6) is 0 Å². The van der Waals surface area contributed by atoms with Crippen LogP contribution in [-0.4, -0.2) is 59.7 Å². The Hall–Kier alpha value is -1.66. The third kappa shape index (κ3) is 3.19. The molecule has 4 heterocycles. The minimum Gasteiger partial charge on any atom is -0.375 e. The molecule has 0 saturated carbocycles. The van der Waals surface area contributed by atoms with Crippen LogP contribution in [0.2, 0.25) is 0 Å². The first-order valence-electron chi connectivity index (χ1n) is 8.54. The Balaban J connectivity index is 1.36. The summed E-state index contributed by atoms with van der Waals surface area (Å²) in [6, 6.07) is 4.92. The van der Waals surface area contributed by atoms with Gasteiger partial charge in [0.1, 0.15) is 0 Å². The summed E-state index contributed by atoms with van der Waals surface area (Å²) in [6.45, 7) is 2.39. The number of carbonyl (C=O) groups is 1. The molecule has 3 fully saturated rings. The fourth-order valence-electron chi connectivity index (χ4n) is 4.27. The van der Waals surface area contributed by atoms with Gasteiger partial charge in [-0.15, -0.1) is 0 Å². The summed E-state index contributed by atoms with van der Waals surface area (Å²) in [5.74, 6) is 0.141. The predicted octanol–water partition coefficient (Wildman–Crippen LogP) is 1.01. The average molecular weight is 316 g/mol. The zero-order valence-corrected chi connectivity index (χ0v) is 13.3. The monoisotopic (exact) mass is 316 g/mol. The van der Waals surface area contributed by atoms with Gasteiger partial charge in [-0.25, -0.2) is 0 Å². The summed E-state index contributed by atoms with van der Waals surface area (Å²) in [5.41, 5.74) is 0.753. The molecular formula is C17H24N4O2. The third-order valence-electron chi connectivity index (χ3n) is 5.28. The zero-order chi connectivity index (χ0) is 15.7. The summed E-state index contributed by atoms with van der Waals surface area (Å²) in [5, 5.41) is 6.81. The van der Waals surface area contributed by atoms with E-state index >= 15 is 0 Å². The number of pyridine rings is 1. The number of carbonyl (C=O) groups excluding carboxylic acids is 1. The topological polar surface area (TPSA) is 66.5 Å². The molecule has 1 unspecified atom stereocenters. The molecule has 0 aliphatic carbocycles. The van der Waals surface area contributed by atoms with Crippen LogP contribution in [0.1, 0.15) is 25.7 Å². The van der Waals surface area contributed by atoms with Crippen LogP contribution in [0.25, 0.3) is 0 Å². The molecule has 1 aromatic rings. The summed E-state index contributed by atoms with van der Waals surface area (Å²) >= 11 is 0. The number of hydrogen-bond donors (Lipinski definition) is 2. The van der Waals surface area contributed by atoms with Gasteiger partial charge in [-0.05, 0) is 37.8 Å². The molecule has 1 amide bonds. The molecule has 1 spiro atoms. The molecular weight excluding hydrogens is 292 g/mol. The quantitative estimate of drug-likeness (QED) is 0.871. The molecule has 6 heteroatoms. The van der Waals surface area contributed by atoms with Crippen molar-refractivity contribution in [2.75, 3.05) is 31.6 Å². The first-order valence-corrected chi connectivity index (χ1v) is 8.54. The van der Waals surface area contributed by atoms with Gasteiger partial charge in [0, 0.05) is 37.6 Å². The molecule has 23 heavy (non-hydrogen) atoms. The fourth-order valence-corrected chi connectivity index (χ4v) is 4.27. The smallest absolute Gasteiger partial charge is 0.242 e. The van der Waals surface area contributed by atoms with Crippen molar-refractivity contribution in [1.82, 2.24) is 15.2 Å². The molecule has 3 aliphatic rings. The number of piperidine rings is 1. The molecule has 6 nitrogen and oxygen atoms in total. The van der Waals surface area contributed by atoms with Gasteiger partial charge in [0.15, 0.2) is 0 Å². The number of hydrogen-bond acceptors (Lipinski definition) is 5. The first kappa shape index (κ1) is 14.9. The number of amides is 1. The Kier molecular flexibility index (Phi) is 3.95. The van der Waals surface area contributed by atoms with Crippen molar-refractivity contribution >= 4 is 11.6 Å². The number of fused-ring (bicyclic) bond motifs is 2. The van der Waals surface area contributed by atoms with E-state index in [4.69, 9.17) is 4.74 Å². The minimum atomic E-state index is -0.126. The highest BCUT2D eigenvalue weighted by molar-refractivity contribution is 5.81. The standard InChI is InChI=1S/C17H24N4O2/c22-16(11-19-15-2-1-5-18-10-15)21-6-7-23-17(12-21)8-13-3-4-14(9-17)20-13/h1-2,5,10,13-14,19-20H,3-4,6-9,11-12H2/t13-,14+,17?. The number of aromatic nitrogens is 1. The minimum absolute atomic E-state index is 0.126. The molecule has 3 saturated heterocycles. The Morgan fingerprint density at radius 3 is 3.00 bits per heavy atom. The van der Waals surface area contributed by atoms with E-state index in [1.54, 1.807) is 12.4 Å². The Morgan fingerprint density at radius 1 is 1.43 bits per heavy atom. The van der Waals surface area contributed by atoms with Gasteiger partial charge in [-0.2, -0.15) is 0 Å². The van der Waals surface area contributed by atoms with Crippen molar-refractivity contribution < 1.29 is 9.53 Å². The maximum atomic E-state index is 12.5. The molecule has 1 aromatic heterocycles. The summed E-state index contributed by atoms with van der Waals surface area (Å²) in [7, 11) is 0. The maximum absolute atomic E-state index is 12.5. The van der Waals surface area contributed by atoms with E-state index in [0.717, 1.165) is 25.1 Å². The Bertz CT molecular complexity index is 553. The van der Waals surface area contributed by atoms with Crippen LogP contribution < -0.4 is 10.6 Å². The van der Waals surface area contributed by atoms with Gasteiger partial charge >= 0.3 is 0 Å². The molecule has 124 valence electrons. The predicted molar refractivity (Wildman–Crippen MR) is 87.2 cm³/mol. The number of rotatable bonds is 3. The van der Waals surface area contributed by atoms with Crippen LogP contribution in [0.15, 0.2) is 24.5 Å². The van der Waals surface area contributed by atoms with E-state index in [1.165, 1.54) is 12.8 Å². The van der Waals surface area contributed by atoms with Crippen LogP contribution in [0.4, 0.5) is 5.69 Å². The maximum Gasteiger partial charge on any atom is 0.242 e. The van der Waals surface area contributed by atoms with Crippen LogP contribution in [-0.2, 0) is 9.53 Å². The number of anilines is 1. The van der Waals surface area contributed by atoms with Crippen LogP contribution in [0.3, 0.4) is 0 Å². The van der Waals surface area contributed by atoms with E-state index < -0.39 is 0 Å². The normalized spacial score (nSPS) is 33.0. The lowest BCUT2D eigenvalue weighted by molar-refractivity contribution is -0.156. The lowest BCUT2D eigenvalue weighted by atomic mass is 9.85. The second-order valence-electron chi connectivity index (χ2n) is 6.99. The van der Waals surface area contributed by atoms with E-state index in [9.17, 15) is 4.79 Å². The molecule has 2 bridgehead atoms. The zero-order valence-electron chi connectivity index (χ0n) is 13.3. The SMILES string of the molecule is O=C(CNc1cccnc1)N1CCOC2(C[C@H]3CC[C@@H](C2)N3)C1. The highest BCUT2D eigenvalue weighted by Gasteiger charge is 2.47. The van der Waals surface area contributed by atoms with Gasteiger partial charge in [-0.3, -0.25) is 9.78 Å². The summed E-state index contributed by atoms with van der Waals surface area (Å²) < 4.78 is 6.17. The van der Waals surface area contributed by atoms with Crippen molar-refractivity contribution in [2.24, 2.45) is 0 Å². The van der Waals surface area contributed by atoms with Gasteiger partial charge in [0.2, 0.25) is 5.91 Å². The van der Waals surface area contributed by atoms with Crippen LogP contribution in [0, 0.1) is 0 Å². The van der Waals surface area contributed by atoms with Crippen molar-refractivity contribution in [3.63, 3.8) is 0 Å². The van der Waals surface area contributed by atoms with E-state index in [-0.39, 0.29) is 11.5 Å². The molecule has 3 atom stereocenters. The molecule has 0 radical (unpaired) electrons. The lowest BCUT2D eigenvalue weighted by Crippen LogP contribution is -2.60. The van der Waals surface area contributed by atoms with Gasteiger partial charge in [0.25, 0.3) is 0 Å². The van der Waals surface area contributed by atoms with E-state index in [1.807, 2.05) is 17.0 Å². The van der Waals surface area contributed by atoms with Crippen molar-refractivity contribution in [1.29, 1.82) is 0 Å². The number of ether oxygens (including phenoxy) is 1. The highest BCUT2D eigenvalue weighted by Crippen LogP contribution is 2.38. The highest BCUT2D eigenvalue weighted by atomic mass is 16.5. The second-order valence-corrected chi connectivity index (χ2v) is 6.99. The molecule has 2 N–H and O–H groups in total. The molecule has 4 rings (SSSR count). The van der Waals surface area contributed by atoms with Gasteiger partial charge in [0.05, 0.1) is 24.4 Å². The number of nitrogens with one attached hydrogen (secondary N) is 2. The van der Waals surface area contributed by atoms with E-state index in [2.05, 4.69) is 15.6 Å². The second kappa shape index (κ2) is 6.09. The lowest BCUT2D eigenvalue weighted by Gasteiger charge is -2.47. The largest absolute Gasteiger partial charge is 0.375 e. The van der Waals surface area contributed by atoms with Crippen molar-refractivity contribution in [3.8, 4) is 0 Å². The molecule has 3 aliphatic heterocycles. The molecule has 0 aromatic carbocycles. The third-order valence-corrected chi connectivity index (χ3v) is 5.28. The average Bonchev–Trinajstić information content (AvgIpc) is 2.93. The van der Waals surface area contributed by atoms with E-state index in [0.29, 0.717) is 31.8 Å². The van der Waals surface area contributed by atoms with Crippen molar-refractivity contribution in [2.45, 2.75) is 43.4 Å². The van der Waals surface area contributed by atoms with Gasteiger partial charge in [-0.1, -0.05) is 0 Å². The van der Waals surface area contributed by atoms with Crippen LogP contribution >= 0.6 is 0 Å². The summed E-state index contributed by atoms with van der Waals surface area (Å²) in [6.07, 6.45) is 8.01. The van der Waals surface area contributed by atoms with Gasteiger partial charge < -0.3 is 20.3 Å². The number of nitrogens with zero attached hydrogens (tertiary/aromatic N) is 2. The first-order chi connectivity index (χ1) is 11.2. The Morgan fingerprint density at radius 2 is 2.26 bits per heavy atom. The van der Waals surface area contributed by atoms with Crippen molar-refractivity contribution in [3.05, 3.63) is 24.5 Å².